The van der Waals surface area contributed by atoms with Gasteiger partial charge in [-0.15, -0.1) is 0 Å². The summed E-state index contributed by atoms with van der Waals surface area (Å²) in [6.07, 6.45) is 0.186. The van der Waals surface area contributed by atoms with E-state index in [-0.39, 0.29) is 17.9 Å². The molecule has 0 atom stereocenters. The van der Waals surface area contributed by atoms with E-state index in [1.165, 1.54) is 24.1 Å². The van der Waals surface area contributed by atoms with Crippen molar-refractivity contribution in [1.82, 2.24) is 4.90 Å². The van der Waals surface area contributed by atoms with E-state index in [2.05, 4.69) is 0 Å². The molecule has 0 N–H and O–H groups in total. The van der Waals surface area contributed by atoms with Gasteiger partial charge in [-0.2, -0.15) is 5.26 Å². The Morgan fingerprint density at radius 3 is 2.33 bits per heavy atom. The fourth-order valence-corrected chi connectivity index (χ4v) is 3.02. The van der Waals surface area contributed by atoms with Crippen LogP contribution in [0.3, 0.4) is 0 Å². The SMILES string of the molecule is CC(C)c1ccc(S(=O)(=O)CC(=O)N(C)CCC#N)cc1. The molecule has 114 valence electrons. The first-order chi connectivity index (χ1) is 9.77. The van der Waals surface area contributed by atoms with Crippen LogP contribution >= 0.6 is 0 Å². The van der Waals surface area contributed by atoms with E-state index >= 15 is 0 Å². The van der Waals surface area contributed by atoms with Gasteiger partial charge >= 0.3 is 0 Å². The van der Waals surface area contributed by atoms with E-state index in [1.54, 1.807) is 12.1 Å². The van der Waals surface area contributed by atoms with Crippen LogP contribution in [-0.2, 0) is 14.6 Å². The Bertz CT molecular complexity index is 628. The molecule has 0 saturated carbocycles. The first-order valence-corrected chi connectivity index (χ1v) is 8.37. The second-order valence-corrected chi connectivity index (χ2v) is 7.20. The zero-order valence-corrected chi connectivity index (χ0v) is 13.4. The van der Waals surface area contributed by atoms with Crippen LogP contribution in [0.15, 0.2) is 29.2 Å². The Labute approximate surface area is 126 Å². The standard InChI is InChI=1S/C15H20N2O3S/c1-12(2)13-5-7-14(8-6-13)21(19,20)11-15(18)17(3)10-4-9-16/h5-8,12H,4,10-11H2,1-3H3. The van der Waals surface area contributed by atoms with Crippen molar-refractivity contribution in [3.8, 4) is 6.07 Å². The molecule has 0 saturated heterocycles. The molecular weight excluding hydrogens is 288 g/mol. The Kier molecular flexibility index (Phi) is 5.91. The summed E-state index contributed by atoms with van der Waals surface area (Å²) < 4.78 is 24.4. The number of rotatable bonds is 6. The van der Waals surface area contributed by atoms with E-state index in [1.807, 2.05) is 19.9 Å². The van der Waals surface area contributed by atoms with Crippen LogP contribution in [0.25, 0.3) is 0 Å². The predicted molar refractivity (Wildman–Crippen MR) is 80.5 cm³/mol. The quantitative estimate of drug-likeness (QED) is 0.804. The van der Waals surface area contributed by atoms with Gasteiger partial charge in [0.1, 0.15) is 5.75 Å². The van der Waals surface area contributed by atoms with Crippen LogP contribution in [0.5, 0.6) is 0 Å². The first-order valence-electron chi connectivity index (χ1n) is 6.71. The summed E-state index contributed by atoms with van der Waals surface area (Å²) in [6.45, 7) is 4.28. The minimum Gasteiger partial charge on any atom is -0.344 e. The van der Waals surface area contributed by atoms with Gasteiger partial charge in [-0.25, -0.2) is 8.42 Å². The third kappa shape index (κ3) is 4.87. The third-order valence-corrected chi connectivity index (χ3v) is 4.82. The molecule has 21 heavy (non-hydrogen) atoms. The predicted octanol–water partition coefficient (Wildman–Crippen LogP) is 1.96. The number of benzene rings is 1. The van der Waals surface area contributed by atoms with Crippen LogP contribution in [0, 0.1) is 11.3 Å². The molecule has 0 bridgehead atoms. The van der Waals surface area contributed by atoms with Crippen molar-refractivity contribution >= 4 is 15.7 Å². The lowest BCUT2D eigenvalue weighted by Gasteiger charge is -2.15. The van der Waals surface area contributed by atoms with Gasteiger partial charge < -0.3 is 4.90 Å². The highest BCUT2D eigenvalue weighted by molar-refractivity contribution is 7.92. The van der Waals surface area contributed by atoms with Gasteiger partial charge in [-0.05, 0) is 23.6 Å². The lowest BCUT2D eigenvalue weighted by molar-refractivity contribution is -0.127. The normalized spacial score (nSPS) is 11.2. The molecular formula is C15H20N2O3S. The molecule has 0 unspecified atom stereocenters. The van der Waals surface area contributed by atoms with Crippen molar-refractivity contribution < 1.29 is 13.2 Å². The van der Waals surface area contributed by atoms with Crippen molar-refractivity contribution in [3.05, 3.63) is 29.8 Å². The van der Waals surface area contributed by atoms with Gasteiger partial charge in [-0.3, -0.25) is 4.79 Å². The van der Waals surface area contributed by atoms with Crippen molar-refractivity contribution in [2.75, 3.05) is 19.3 Å². The first kappa shape index (κ1) is 17.2. The number of nitriles is 1. The van der Waals surface area contributed by atoms with Gasteiger partial charge in [0.05, 0.1) is 17.4 Å². The molecule has 0 radical (unpaired) electrons. The van der Waals surface area contributed by atoms with Gasteiger partial charge in [0, 0.05) is 13.6 Å². The summed E-state index contributed by atoms with van der Waals surface area (Å²) in [6, 6.07) is 8.52. The molecule has 0 spiro atoms. The third-order valence-electron chi connectivity index (χ3n) is 3.20. The number of amides is 1. The number of sulfone groups is 1. The fourth-order valence-electron chi connectivity index (χ4n) is 1.76. The molecule has 5 nitrogen and oxygen atoms in total. The summed E-state index contributed by atoms with van der Waals surface area (Å²) in [5.74, 6) is -0.755. The van der Waals surface area contributed by atoms with Gasteiger partial charge in [-0.1, -0.05) is 26.0 Å². The summed E-state index contributed by atoms with van der Waals surface area (Å²) in [7, 11) is -2.15. The summed E-state index contributed by atoms with van der Waals surface area (Å²) >= 11 is 0. The van der Waals surface area contributed by atoms with Crippen LogP contribution in [0.2, 0.25) is 0 Å². The zero-order chi connectivity index (χ0) is 16.0. The van der Waals surface area contributed by atoms with Crippen LogP contribution in [0.4, 0.5) is 0 Å². The number of carbonyl (C=O) groups is 1. The maximum absolute atomic E-state index is 12.2. The molecule has 0 aromatic heterocycles. The molecule has 1 aromatic rings. The van der Waals surface area contributed by atoms with E-state index in [9.17, 15) is 13.2 Å². The number of hydrogen-bond acceptors (Lipinski definition) is 4. The van der Waals surface area contributed by atoms with Crippen molar-refractivity contribution in [2.24, 2.45) is 0 Å². The number of nitrogens with zero attached hydrogens (tertiary/aromatic N) is 2. The van der Waals surface area contributed by atoms with Crippen LogP contribution in [0.1, 0.15) is 31.7 Å². The second kappa shape index (κ2) is 7.23. The van der Waals surface area contributed by atoms with Crippen molar-refractivity contribution in [1.29, 1.82) is 5.26 Å². The van der Waals surface area contributed by atoms with E-state index in [0.29, 0.717) is 5.92 Å². The average molecular weight is 308 g/mol. The van der Waals surface area contributed by atoms with E-state index in [0.717, 1.165) is 5.56 Å². The fraction of sp³-hybridized carbons (Fsp3) is 0.467. The lowest BCUT2D eigenvalue weighted by Crippen LogP contribution is -2.33. The Balaban J connectivity index is 2.82. The van der Waals surface area contributed by atoms with E-state index < -0.39 is 21.5 Å². The van der Waals surface area contributed by atoms with Crippen LogP contribution in [-0.4, -0.2) is 38.6 Å². The molecule has 0 aliphatic rings. The molecule has 0 aliphatic heterocycles. The lowest BCUT2D eigenvalue weighted by atomic mass is 10.0. The largest absolute Gasteiger partial charge is 0.344 e. The smallest absolute Gasteiger partial charge is 0.237 e. The summed E-state index contributed by atoms with van der Waals surface area (Å²) in [5.41, 5.74) is 1.05. The average Bonchev–Trinajstić information content (AvgIpc) is 2.44. The zero-order valence-electron chi connectivity index (χ0n) is 12.5. The molecule has 0 heterocycles. The monoisotopic (exact) mass is 308 g/mol. The van der Waals surface area contributed by atoms with Crippen molar-refractivity contribution in [3.63, 3.8) is 0 Å². The van der Waals surface area contributed by atoms with Crippen molar-refractivity contribution in [2.45, 2.75) is 31.1 Å². The highest BCUT2D eigenvalue weighted by Crippen LogP contribution is 2.18. The Hall–Kier alpha value is -1.87. The Morgan fingerprint density at radius 2 is 1.86 bits per heavy atom. The number of carbonyl (C=O) groups excluding carboxylic acids is 1. The van der Waals surface area contributed by atoms with Gasteiger partial charge in [0.25, 0.3) is 0 Å². The van der Waals surface area contributed by atoms with Gasteiger partial charge in [0.2, 0.25) is 5.91 Å². The highest BCUT2D eigenvalue weighted by atomic mass is 32.2. The summed E-state index contributed by atoms with van der Waals surface area (Å²) in [4.78, 5) is 13.3. The highest BCUT2D eigenvalue weighted by Gasteiger charge is 2.21. The maximum Gasteiger partial charge on any atom is 0.237 e. The Morgan fingerprint density at radius 1 is 1.29 bits per heavy atom. The molecule has 0 aliphatic carbocycles. The summed E-state index contributed by atoms with van der Waals surface area (Å²) in [5, 5.41) is 8.47. The topological polar surface area (TPSA) is 78.2 Å². The second-order valence-electron chi connectivity index (χ2n) is 5.21. The molecule has 1 rings (SSSR count). The molecule has 1 aromatic carbocycles. The van der Waals surface area contributed by atoms with Crippen LogP contribution < -0.4 is 0 Å². The van der Waals surface area contributed by atoms with E-state index in [4.69, 9.17) is 5.26 Å². The molecule has 1 amide bonds. The molecule has 6 heteroatoms. The van der Waals surface area contributed by atoms with Gasteiger partial charge in [0.15, 0.2) is 9.84 Å². The number of hydrogen-bond donors (Lipinski definition) is 0. The molecule has 0 fully saturated rings. The minimum atomic E-state index is -3.65. The maximum atomic E-state index is 12.2. The minimum absolute atomic E-state index is 0.147.